The van der Waals surface area contributed by atoms with Crippen LogP contribution in [-0.4, -0.2) is 20.4 Å². The van der Waals surface area contributed by atoms with Gasteiger partial charge in [-0.05, 0) is 35.7 Å². The van der Waals surface area contributed by atoms with Crippen molar-refractivity contribution in [1.82, 2.24) is 19.9 Å². The molecule has 0 spiro atoms. The van der Waals surface area contributed by atoms with Crippen LogP contribution in [0.5, 0.6) is 0 Å². The Labute approximate surface area is 172 Å². The van der Waals surface area contributed by atoms with Gasteiger partial charge in [-0.1, -0.05) is 48.0 Å². The van der Waals surface area contributed by atoms with Crippen LogP contribution in [0.2, 0.25) is 0 Å². The molecule has 4 rings (SSSR count). The summed E-state index contributed by atoms with van der Waals surface area (Å²) >= 11 is 0. The molecule has 2 aromatic carbocycles. The molecule has 2 N–H and O–H groups in total. The highest BCUT2D eigenvalue weighted by Gasteiger charge is 2.12. The van der Waals surface area contributed by atoms with Gasteiger partial charge in [0, 0.05) is 19.8 Å². The van der Waals surface area contributed by atoms with E-state index in [9.17, 15) is 14.4 Å². The van der Waals surface area contributed by atoms with Crippen LogP contribution in [0.1, 0.15) is 21.5 Å². The van der Waals surface area contributed by atoms with Crippen LogP contribution < -0.4 is 16.6 Å². The molecule has 0 bridgehead atoms. The number of fused-ring (bicyclic) bond motifs is 1. The monoisotopic (exact) mass is 400 g/mol. The Balaban J connectivity index is 1.54. The van der Waals surface area contributed by atoms with Crippen molar-refractivity contribution < 1.29 is 4.79 Å². The molecule has 0 aliphatic carbocycles. The second kappa shape index (κ2) is 7.79. The fourth-order valence-corrected chi connectivity index (χ4v) is 3.25. The van der Waals surface area contributed by atoms with Crippen LogP contribution in [0.4, 0.5) is 0 Å². The second-order valence-electron chi connectivity index (χ2n) is 7.16. The van der Waals surface area contributed by atoms with Crippen molar-refractivity contribution in [1.29, 1.82) is 0 Å². The minimum absolute atomic E-state index is 0.186. The van der Waals surface area contributed by atoms with Gasteiger partial charge in [-0.3, -0.25) is 19.1 Å². The van der Waals surface area contributed by atoms with E-state index in [0.29, 0.717) is 6.54 Å². The largest absolute Gasteiger partial charge is 0.348 e. The molecule has 0 unspecified atom stereocenters. The first-order chi connectivity index (χ1) is 14.4. The van der Waals surface area contributed by atoms with E-state index >= 15 is 0 Å². The number of carbonyl (C=O) groups excluding carboxylic acids is 1. The van der Waals surface area contributed by atoms with Crippen LogP contribution in [-0.2, 0) is 13.6 Å². The third-order valence-corrected chi connectivity index (χ3v) is 4.98. The molecule has 0 saturated heterocycles. The highest BCUT2D eigenvalue weighted by atomic mass is 16.2. The van der Waals surface area contributed by atoms with Gasteiger partial charge in [0.25, 0.3) is 11.5 Å². The molecule has 2 aromatic heterocycles. The Bertz CT molecular complexity index is 1370. The molecular formula is C23H20N4O3. The Morgan fingerprint density at radius 2 is 1.83 bits per heavy atom. The number of benzene rings is 2. The number of hydrogen-bond donors (Lipinski definition) is 2. The van der Waals surface area contributed by atoms with Gasteiger partial charge in [0.2, 0.25) is 0 Å². The fourth-order valence-electron chi connectivity index (χ4n) is 3.25. The van der Waals surface area contributed by atoms with Crippen molar-refractivity contribution in [2.24, 2.45) is 7.05 Å². The molecule has 150 valence electrons. The molecule has 0 aliphatic rings. The van der Waals surface area contributed by atoms with E-state index in [2.05, 4.69) is 39.6 Å². The highest BCUT2D eigenvalue weighted by molar-refractivity contribution is 5.96. The van der Waals surface area contributed by atoms with Gasteiger partial charge in [0.15, 0.2) is 0 Å². The molecule has 7 nitrogen and oxygen atoms in total. The lowest BCUT2D eigenvalue weighted by molar-refractivity contribution is 0.0950. The average Bonchev–Trinajstić information content (AvgIpc) is 2.76. The lowest BCUT2D eigenvalue weighted by Crippen LogP contribution is -2.29. The summed E-state index contributed by atoms with van der Waals surface area (Å²) in [5.41, 5.74) is 3.69. The summed E-state index contributed by atoms with van der Waals surface area (Å²) in [5, 5.41) is 3.04. The van der Waals surface area contributed by atoms with Gasteiger partial charge in [-0.25, -0.2) is 9.78 Å². The molecular weight excluding hydrogens is 380 g/mol. The fraction of sp³-hybridized carbons (Fsp3) is 0.130. The summed E-state index contributed by atoms with van der Waals surface area (Å²) in [4.78, 5) is 42.6. The third-order valence-electron chi connectivity index (χ3n) is 4.98. The molecule has 0 radical (unpaired) electrons. The lowest BCUT2D eigenvalue weighted by atomic mass is 10.0. The van der Waals surface area contributed by atoms with E-state index in [1.165, 1.54) is 29.4 Å². The summed E-state index contributed by atoms with van der Waals surface area (Å²) < 4.78 is 1.23. The van der Waals surface area contributed by atoms with Crippen molar-refractivity contribution in [3.05, 3.63) is 98.3 Å². The van der Waals surface area contributed by atoms with Crippen molar-refractivity contribution >= 4 is 16.9 Å². The number of H-pyrrole nitrogens is 1. The van der Waals surface area contributed by atoms with Gasteiger partial charge < -0.3 is 5.32 Å². The summed E-state index contributed by atoms with van der Waals surface area (Å²) in [6.45, 7) is 2.38. The maximum Gasteiger partial charge on any atom is 0.329 e. The number of amides is 1. The molecule has 0 saturated carbocycles. The summed E-state index contributed by atoms with van der Waals surface area (Å²) in [7, 11) is 1.51. The van der Waals surface area contributed by atoms with Gasteiger partial charge in [0.1, 0.15) is 5.65 Å². The van der Waals surface area contributed by atoms with Crippen molar-refractivity contribution in [3.63, 3.8) is 0 Å². The van der Waals surface area contributed by atoms with Crippen LogP contribution in [0.15, 0.2) is 70.4 Å². The van der Waals surface area contributed by atoms with E-state index in [-0.39, 0.29) is 22.5 Å². The first-order valence-corrected chi connectivity index (χ1v) is 9.45. The lowest BCUT2D eigenvalue weighted by Gasteiger charge is -2.09. The zero-order chi connectivity index (χ0) is 21.3. The van der Waals surface area contributed by atoms with E-state index in [0.717, 1.165) is 16.7 Å². The Morgan fingerprint density at radius 3 is 2.60 bits per heavy atom. The summed E-state index contributed by atoms with van der Waals surface area (Å²) in [6, 6.07) is 17.7. The van der Waals surface area contributed by atoms with E-state index < -0.39 is 11.2 Å². The number of carbonyl (C=O) groups is 1. The Kier molecular flexibility index (Phi) is 5.02. The molecule has 2 heterocycles. The number of nitrogens with zero attached hydrogens (tertiary/aromatic N) is 2. The molecule has 0 fully saturated rings. The third kappa shape index (κ3) is 3.77. The molecule has 0 atom stereocenters. The predicted octanol–water partition coefficient (Wildman–Crippen LogP) is 2.53. The molecule has 30 heavy (non-hydrogen) atoms. The first-order valence-electron chi connectivity index (χ1n) is 9.45. The number of aryl methyl sites for hydroxylation is 2. The zero-order valence-corrected chi connectivity index (χ0v) is 16.6. The Hall–Kier alpha value is -4.00. The minimum atomic E-state index is -0.568. The maximum absolute atomic E-state index is 12.6. The molecule has 1 amide bonds. The number of rotatable bonds is 4. The van der Waals surface area contributed by atoms with Crippen molar-refractivity contribution in [2.75, 3.05) is 0 Å². The quantitative estimate of drug-likeness (QED) is 0.550. The number of aromatic nitrogens is 3. The minimum Gasteiger partial charge on any atom is -0.348 e. The Morgan fingerprint density at radius 1 is 1.07 bits per heavy atom. The second-order valence-corrected chi connectivity index (χ2v) is 7.16. The number of pyridine rings is 1. The summed E-state index contributed by atoms with van der Waals surface area (Å²) in [5.74, 6) is -0.349. The van der Waals surface area contributed by atoms with Crippen LogP contribution in [0.3, 0.4) is 0 Å². The van der Waals surface area contributed by atoms with Gasteiger partial charge in [-0.2, -0.15) is 0 Å². The van der Waals surface area contributed by atoms with Crippen LogP contribution in [0, 0.1) is 6.92 Å². The van der Waals surface area contributed by atoms with Crippen LogP contribution in [0.25, 0.3) is 22.2 Å². The summed E-state index contributed by atoms with van der Waals surface area (Å²) in [6.07, 6.45) is 1.36. The van der Waals surface area contributed by atoms with E-state index in [1.807, 2.05) is 31.2 Å². The topological polar surface area (TPSA) is 96.8 Å². The van der Waals surface area contributed by atoms with Gasteiger partial charge in [0.05, 0.1) is 10.9 Å². The highest BCUT2D eigenvalue weighted by Crippen LogP contribution is 2.21. The number of aromatic amines is 1. The van der Waals surface area contributed by atoms with Gasteiger partial charge in [-0.15, -0.1) is 0 Å². The standard InChI is InChI=1S/C23H20N4O3/c1-14-6-8-16(9-7-14)17-5-3-4-15(10-17)12-25-21(28)18-11-19-20(24-13-18)27(2)23(30)26-22(19)29/h3-11,13H,12H2,1-2H3,(H,25,28)(H,26,29,30). The molecule has 7 heteroatoms. The van der Waals surface area contributed by atoms with Crippen LogP contribution >= 0.6 is 0 Å². The maximum atomic E-state index is 12.6. The van der Waals surface area contributed by atoms with E-state index in [1.54, 1.807) is 0 Å². The van der Waals surface area contributed by atoms with E-state index in [4.69, 9.17) is 0 Å². The molecule has 4 aromatic rings. The zero-order valence-electron chi connectivity index (χ0n) is 16.6. The first kappa shape index (κ1) is 19.3. The van der Waals surface area contributed by atoms with Crippen molar-refractivity contribution in [3.8, 4) is 11.1 Å². The smallest absolute Gasteiger partial charge is 0.329 e. The van der Waals surface area contributed by atoms with Crippen molar-refractivity contribution in [2.45, 2.75) is 13.5 Å². The molecule has 0 aliphatic heterocycles. The van der Waals surface area contributed by atoms with Gasteiger partial charge >= 0.3 is 5.69 Å². The SMILES string of the molecule is Cc1ccc(-c2cccc(CNC(=O)c3cnc4c(c3)c(=O)[nH]c(=O)n4C)c2)cc1. The number of nitrogens with one attached hydrogen (secondary N) is 2. The normalized spacial score (nSPS) is 10.9. The number of hydrogen-bond acceptors (Lipinski definition) is 4. The predicted molar refractivity (Wildman–Crippen MR) is 115 cm³/mol. The average molecular weight is 400 g/mol.